The number of halogens is 1. The molecule has 2 aromatic heterocycles. The van der Waals surface area contributed by atoms with Crippen molar-refractivity contribution >= 4 is 23.3 Å². The van der Waals surface area contributed by atoms with Crippen LogP contribution in [0.3, 0.4) is 0 Å². The third kappa shape index (κ3) is 4.39. The molecule has 152 valence electrons. The summed E-state index contributed by atoms with van der Waals surface area (Å²) in [5, 5.41) is 26.5. The second kappa shape index (κ2) is 8.21. The molecule has 0 amide bonds. The molecule has 0 aliphatic rings. The van der Waals surface area contributed by atoms with Crippen LogP contribution in [0, 0.1) is 10.1 Å². The number of rotatable bonds is 7. The maximum atomic E-state index is 11.2. The monoisotopic (exact) mass is 426 g/mol. The van der Waals surface area contributed by atoms with Crippen LogP contribution in [0.5, 0.6) is 11.5 Å². The summed E-state index contributed by atoms with van der Waals surface area (Å²) in [5.41, 5.74) is 1.46. The summed E-state index contributed by atoms with van der Waals surface area (Å²) in [6.07, 6.45) is 3.42. The molecule has 0 radical (unpaired) electrons. The van der Waals surface area contributed by atoms with Gasteiger partial charge < -0.3 is 14.5 Å². The predicted molar refractivity (Wildman–Crippen MR) is 108 cm³/mol. The summed E-state index contributed by atoms with van der Waals surface area (Å²) >= 11 is 5.82. The number of nitrogens with one attached hydrogen (secondary N) is 1. The third-order valence-electron chi connectivity index (χ3n) is 4.09. The maximum absolute atomic E-state index is 11.2. The molecule has 2 aromatic carbocycles. The second-order valence-corrected chi connectivity index (χ2v) is 6.72. The number of nitro groups is 1. The molecule has 11 heteroatoms. The van der Waals surface area contributed by atoms with E-state index in [0.717, 1.165) is 11.1 Å². The number of nitro benzene ring substituents is 1. The lowest BCUT2D eigenvalue weighted by Crippen LogP contribution is -1.99. The van der Waals surface area contributed by atoms with E-state index in [9.17, 15) is 10.1 Å². The number of anilines is 1. The molecule has 0 aliphatic heterocycles. The molecule has 0 aliphatic carbocycles. The highest BCUT2D eigenvalue weighted by atomic mass is 35.5. The lowest BCUT2D eigenvalue weighted by atomic mass is 10.2. The standard InChI is InChI=1S/C19H15ClN6O4/c1-25-11-13(10-22-25)18-23-24-19(30-18)21-9-12-2-5-15(6-3-12)29-17-7-4-14(20)8-16(17)26(27)28/h2-8,10-11H,9H2,1H3,(H,21,24). The Bertz CT molecular complexity index is 1190. The van der Waals surface area contributed by atoms with Gasteiger partial charge in [0.2, 0.25) is 5.75 Å². The van der Waals surface area contributed by atoms with Crippen LogP contribution in [-0.4, -0.2) is 24.9 Å². The first-order chi connectivity index (χ1) is 14.5. The smallest absolute Gasteiger partial charge is 0.316 e. The number of aryl methyl sites for hydroxylation is 1. The summed E-state index contributed by atoms with van der Waals surface area (Å²) < 4.78 is 12.8. The van der Waals surface area contributed by atoms with Crippen LogP contribution in [0.1, 0.15) is 5.56 Å². The summed E-state index contributed by atoms with van der Waals surface area (Å²) in [6, 6.07) is 11.6. The van der Waals surface area contributed by atoms with Crippen molar-refractivity contribution in [3.05, 3.63) is 75.6 Å². The van der Waals surface area contributed by atoms with E-state index in [1.807, 2.05) is 12.1 Å². The topological polar surface area (TPSA) is 121 Å². The Labute approximate surface area is 175 Å². The van der Waals surface area contributed by atoms with Crippen LogP contribution in [-0.2, 0) is 13.6 Å². The first kappa shape index (κ1) is 19.4. The van der Waals surface area contributed by atoms with Crippen molar-refractivity contribution in [2.24, 2.45) is 7.05 Å². The number of nitrogens with zero attached hydrogens (tertiary/aromatic N) is 5. The summed E-state index contributed by atoms with van der Waals surface area (Å²) in [5.74, 6) is 0.948. The molecule has 0 atom stereocenters. The fraction of sp³-hybridized carbons (Fsp3) is 0.105. The number of hydrogen-bond acceptors (Lipinski definition) is 8. The molecular formula is C19H15ClN6O4. The molecule has 10 nitrogen and oxygen atoms in total. The van der Waals surface area contributed by atoms with E-state index < -0.39 is 4.92 Å². The lowest BCUT2D eigenvalue weighted by molar-refractivity contribution is -0.385. The number of hydrogen-bond donors (Lipinski definition) is 1. The van der Waals surface area contributed by atoms with E-state index in [1.54, 1.807) is 36.3 Å². The quantitative estimate of drug-likeness (QED) is 0.340. The molecule has 30 heavy (non-hydrogen) atoms. The van der Waals surface area contributed by atoms with Gasteiger partial charge in [0.05, 0.1) is 16.7 Å². The van der Waals surface area contributed by atoms with Gasteiger partial charge in [0, 0.05) is 30.9 Å². The molecule has 0 saturated heterocycles. The molecule has 0 unspecified atom stereocenters. The Morgan fingerprint density at radius 2 is 2.03 bits per heavy atom. The van der Waals surface area contributed by atoms with Crippen molar-refractivity contribution in [1.29, 1.82) is 0 Å². The van der Waals surface area contributed by atoms with Gasteiger partial charge in [-0.25, -0.2) is 0 Å². The Morgan fingerprint density at radius 3 is 2.73 bits per heavy atom. The third-order valence-corrected chi connectivity index (χ3v) is 4.32. The van der Waals surface area contributed by atoms with Gasteiger partial charge >= 0.3 is 11.7 Å². The Hall–Kier alpha value is -3.92. The van der Waals surface area contributed by atoms with E-state index in [1.165, 1.54) is 18.2 Å². The first-order valence-electron chi connectivity index (χ1n) is 8.75. The molecule has 0 fully saturated rings. The van der Waals surface area contributed by atoms with Gasteiger partial charge in [-0.3, -0.25) is 14.8 Å². The molecule has 1 N–H and O–H groups in total. The molecule has 0 bridgehead atoms. The Balaban J connectivity index is 1.39. The van der Waals surface area contributed by atoms with Crippen LogP contribution in [0.4, 0.5) is 11.7 Å². The van der Waals surface area contributed by atoms with E-state index in [-0.39, 0.29) is 22.5 Å². The molecule has 0 saturated carbocycles. The summed E-state index contributed by atoms with van der Waals surface area (Å²) in [4.78, 5) is 10.6. The van der Waals surface area contributed by atoms with Crippen molar-refractivity contribution in [3.8, 4) is 23.0 Å². The van der Waals surface area contributed by atoms with Crippen LogP contribution in [0.2, 0.25) is 5.02 Å². The zero-order valence-electron chi connectivity index (χ0n) is 15.7. The van der Waals surface area contributed by atoms with Crippen molar-refractivity contribution in [3.63, 3.8) is 0 Å². The average Bonchev–Trinajstić information content (AvgIpc) is 3.37. The zero-order chi connectivity index (χ0) is 21.1. The maximum Gasteiger partial charge on any atom is 0.316 e. The largest absolute Gasteiger partial charge is 0.450 e. The summed E-state index contributed by atoms with van der Waals surface area (Å²) in [7, 11) is 1.80. The van der Waals surface area contributed by atoms with Gasteiger partial charge in [-0.1, -0.05) is 28.8 Å². The molecular weight excluding hydrogens is 412 g/mol. The van der Waals surface area contributed by atoms with E-state index in [2.05, 4.69) is 20.6 Å². The second-order valence-electron chi connectivity index (χ2n) is 6.28. The SMILES string of the molecule is Cn1cc(-c2nnc(NCc3ccc(Oc4ccc(Cl)cc4[N+](=O)[O-])cc3)o2)cn1. The van der Waals surface area contributed by atoms with E-state index >= 15 is 0 Å². The van der Waals surface area contributed by atoms with Crippen molar-refractivity contribution in [2.45, 2.75) is 6.54 Å². The highest BCUT2D eigenvalue weighted by Crippen LogP contribution is 2.33. The normalized spacial score (nSPS) is 10.7. The highest BCUT2D eigenvalue weighted by Gasteiger charge is 2.16. The minimum absolute atomic E-state index is 0.115. The van der Waals surface area contributed by atoms with Gasteiger partial charge in [-0.2, -0.15) is 5.10 Å². The van der Waals surface area contributed by atoms with Gasteiger partial charge in [0.1, 0.15) is 5.75 Å². The zero-order valence-corrected chi connectivity index (χ0v) is 16.4. The predicted octanol–water partition coefficient (Wildman–Crippen LogP) is 4.44. The Kier molecular flexibility index (Phi) is 5.31. The fourth-order valence-electron chi connectivity index (χ4n) is 2.64. The minimum Gasteiger partial charge on any atom is -0.450 e. The van der Waals surface area contributed by atoms with E-state index in [0.29, 0.717) is 18.2 Å². The van der Waals surface area contributed by atoms with Crippen molar-refractivity contribution in [2.75, 3.05) is 5.32 Å². The number of ether oxygens (including phenoxy) is 1. The van der Waals surface area contributed by atoms with Crippen molar-refractivity contribution in [1.82, 2.24) is 20.0 Å². The Morgan fingerprint density at radius 1 is 1.23 bits per heavy atom. The average molecular weight is 427 g/mol. The molecule has 4 rings (SSSR count). The van der Waals surface area contributed by atoms with Crippen LogP contribution >= 0.6 is 11.6 Å². The van der Waals surface area contributed by atoms with Crippen LogP contribution in [0.25, 0.3) is 11.5 Å². The molecule has 4 aromatic rings. The van der Waals surface area contributed by atoms with Gasteiger partial charge in [0.15, 0.2) is 0 Å². The highest BCUT2D eigenvalue weighted by molar-refractivity contribution is 6.30. The van der Waals surface area contributed by atoms with Crippen molar-refractivity contribution < 1.29 is 14.1 Å². The number of benzene rings is 2. The van der Waals surface area contributed by atoms with Gasteiger partial charge in [0.25, 0.3) is 5.89 Å². The van der Waals surface area contributed by atoms with Gasteiger partial charge in [-0.05, 0) is 29.8 Å². The van der Waals surface area contributed by atoms with Crippen LogP contribution < -0.4 is 10.1 Å². The summed E-state index contributed by atoms with van der Waals surface area (Å²) in [6.45, 7) is 0.441. The van der Waals surface area contributed by atoms with Gasteiger partial charge in [-0.15, -0.1) is 5.10 Å². The molecule has 2 heterocycles. The number of aromatic nitrogens is 4. The van der Waals surface area contributed by atoms with Crippen LogP contribution in [0.15, 0.2) is 59.3 Å². The lowest BCUT2D eigenvalue weighted by Gasteiger charge is -2.08. The fourth-order valence-corrected chi connectivity index (χ4v) is 2.81. The first-order valence-corrected chi connectivity index (χ1v) is 9.13. The minimum atomic E-state index is -0.538. The van der Waals surface area contributed by atoms with E-state index in [4.69, 9.17) is 20.8 Å². The molecule has 0 spiro atoms.